The van der Waals surface area contributed by atoms with Crippen LogP contribution in [0.1, 0.15) is 38.4 Å². The van der Waals surface area contributed by atoms with E-state index in [2.05, 4.69) is 36.2 Å². The Labute approximate surface area is 253 Å². The quantitative estimate of drug-likeness (QED) is 0.197. The fourth-order valence-electron chi connectivity index (χ4n) is 4.71. The van der Waals surface area contributed by atoms with Crippen LogP contribution in [-0.2, 0) is 27.0 Å². The van der Waals surface area contributed by atoms with E-state index in [0.29, 0.717) is 45.6 Å². The van der Waals surface area contributed by atoms with Gasteiger partial charge in [-0.05, 0) is 77.8 Å². The molecule has 0 spiro atoms. The first-order chi connectivity index (χ1) is 20.1. The highest BCUT2D eigenvalue weighted by Gasteiger charge is 2.42. The molecule has 0 bridgehead atoms. The first kappa shape index (κ1) is 29.9. The van der Waals surface area contributed by atoms with Gasteiger partial charge < -0.3 is 14.8 Å². The summed E-state index contributed by atoms with van der Waals surface area (Å²) in [6, 6.07) is 13.7. The van der Waals surface area contributed by atoms with E-state index >= 15 is 0 Å². The number of anilines is 2. The lowest BCUT2D eigenvalue weighted by Gasteiger charge is -2.34. The minimum atomic E-state index is -3.51. The largest absolute Gasteiger partial charge is 0.488 e. The molecule has 0 saturated heterocycles. The molecule has 3 heterocycles. The molecule has 2 aromatic carbocycles. The number of nitrogens with one attached hydrogen (secondary N) is 1. The zero-order valence-electron chi connectivity index (χ0n) is 23.4. The number of hydrogen-bond donors (Lipinski definition) is 1. The normalized spacial score (nSPS) is 16.7. The van der Waals surface area contributed by atoms with Gasteiger partial charge in [-0.1, -0.05) is 19.1 Å². The predicted octanol–water partition coefficient (Wildman–Crippen LogP) is 6.44. The van der Waals surface area contributed by atoms with E-state index in [4.69, 9.17) is 9.47 Å². The third-order valence-electron chi connectivity index (χ3n) is 7.04. The molecule has 2 aromatic heterocycles. The molecule has 1 unspecified atom stereocenters. The Kier molecular flexibility index (Phi) is 8.76. The average molecular weight is 657 g/mol. The number of pyridine rings is 1. The molecule has 1 aliphatic rings. The summed E-state index contributed by atoms with van der Waals surface area (Å²) in [7, 11) is -3.51. The predicted molar refractivity (Wildman–Crippen MR) is 163 cm³/mol. The zero-order valence-corrected chi connectivity index (χ0v) is 25.8. The second-order valence-corrected chi connectivity index (χ2v) is 13.5. The molecular formula is C30H31BrFN5O4S. The molecule has 5 rings (SSSR count). The van der Waals surface area contributed by atoms with Crippen molar-refractivity contribution < 1.29 is 22.3 Å². The lowest BCUT2D eigenvalue weighted by molar-refractivity contribution is 0.0201. The van der Waals surface area contributed by atoms with Crippen LogP contribution in [0.15, 0.2) is 77.9 Å². The molecule has 0 aliphatic carbocycles. The van der Waals surface area contributed by atoms with Gasteiger partial charge in [0.05, 0.1) is 39.9 Å². The van der Waals surface area contributed by atoms with Crippen LogP contribution in [0.25, 0.3) is 10.9 Å². The number of rotatable bonds is 11. The summed E-state index contributed by atoms with van der Waals surface area (Å²) in [5.41, 5.74) is 1.69. The lowest BCUT2D eigenvalue weighted by atomic mass is 9.94. The van der Waals surface area contributed by atoms with E-state index in [1.54, 1.807) is 38.4 Å². The molecule has 1 N–H and O–H groups in total. The standard InChI is InChI=1S/C30H31BrFN5O4S/c1-4-37(42(38,39)20(2)3)18-30(11-6-12-41-30)28-15-24-26(16-33-28)34-19-35-29(24)36-23-9-10-27(25(31)14-23)40-17-21-7-5-8-22(32)13-21/h5-10,12-16,19-20H,4,11,17-18H2,1-3H3,(H,34,35,36). The highest BCUT2D eigenvalue weighted by Crippen LogP contribution is 2.38. The number of ether oxygens (including phenoxy) is 2. The Morgan fingerprint density at radius 3 is 2.69 bits per heavy atom. The molecule has 12 heteroatoms. The van der Waals surface area contributed by atoms with Crippen LogP contribution in [0.5, 0.6) is 5.75 Å². The van der Waals surface area contributed by atoms with Crippen molar-refractivity contribution in [2.24, 2.45) is 0 Å². The van der Waals surface area contributed by atoms with Crippen LogP contribution in [0, 0.1) is 5.82 Å². The molecule has 1 aliphatic heterocycles. The second-order valence-electron chi connectivity index (χ2n) is 10.2. The van der Waals surface area contributed by atoms with Crippen molar-refractivity contribution in [2.75, 3.05) is 18.4 Å². The van der Waals surface area contributed by atoms with Gasteiger partial charge in [-0.3, -0.25) is 4.98 Å². The van der Waals surface area contributed by atoms with Crippen LogP contribution >= 0.6 is 15.9 Å². The third-order valence-corrected chi connectivity index (χ3v) is 9.96. The summed E-state index contributed by atoms with van der Waals surface area (Å²) in [6.45, 7) is 5.81. The molecule has 1 atom stereocenters. The fraction of sp³-hybridized carbons (Fsp3) is 0.300. The van der Waals surface area contributed by atoms with Gasteiger partial charge in [-0.15, -0.1) is 0 Å². The highest BCUT2D eigenvalue weighted by molar-refractivity contribution is 9.10. The van der Waals surface area contributed by atoms with Gasteiger partial charge in [0, 0.05) is 24.0 Å². The molecule has 42 heavy (non-hydrogen) atoms. The summed E-state index contributed by atoms with van der Waals surface area (Å²) in [5.74, 6) is 0.843. The van der Waals surface area contributed by atoms with Crippen LogP contribution in [-0.4, -0.2) is 46.0 Å². The van der Waals surface area contributed by atoms with Crippen molar-refractivity contribution >= 4 is 48.4 Å². The maximum absolute atomic E-state index is 13.5. The van der Waals surface area contributed by atoms with Crippen molar-refractivity contribution in [3.63, 3.8) is 0 Å². The number of aromatic nitrogens is 3. The van der Waals surface area contributed by atoms with Gasteiger partial charge in [0.25, 0.3) is 0 Å². The molecule has 0 radical (unpaired) electrons. The fourth-order valence-corrected chi connectivity index (χ4v) is 6.54. The number of sulfonamides is 1. The molecule has 0 saturated carbocycles. The number of halogens is 2. The van der Waals surface area contributed by atoms with Crippen LogP contribution in [0.3, 0.4) is 0 Å². The van der Waals surface area contributed by atoms with E-state index < -0.39 is 20.9 Å². The average Bonchev–Trinajstić information content (AvgIpc) is 3.45. The lowest BCUT2D eigenvalue weighted by Crippen LogP contribution is -2.46. The topological polar surface area (TPSA) is 107 Å². The first-order valence-electron chi connectivity index (χ1n) is 13.5. The van der Waals surface area contributed by atoms with Crippen molar-refractivity contribution in [3.05, 3.63) is 94.9 Å². The Morgan fingerprint density at radius 1 is 1.17 bits per heavy atom. The van der Waals surface area contributed by atoms with E-state index in [-0.39, 0.29) is 19.0 Å². The Bertz CT molecular complexity index is 1730. The van der Waals surface area contributed by atoms with Gasteiger partial charge >= 0.3 is 0 Å². The zero-order chi connectivity index (χ0) is 29.9. The van der Waals surface area contributed by atoms with Crippen LogP contribution < -0.4 is 10.1 Å². The van der Waals surface area contributed by atoms with Gasteiger partial charge in [0.2, 0.25) is 10.0 Å². The van der Waals surface area contributed by atoms with Gasteiger partial charge in [-0.25, -0.2) is 22.8 Å². The summed E-state index contributed by atoms with van der Waals surface area (Å²) < 4.78 is 53.7. The number of hydrogen-bond acceptors (Lipinski definition) is 8. The van der Waals surface area contributed by atoms with Gasteiger partial charge in [-0.2, -0.15) is 4.31 Å². The monoisotopic (exact) mass is 655 g/mol. The van der Waals surface area contributed by atoms with Crippen molar-refractivity contribution in [1.29, 1.82) is 0 Å². The molecule has 4 aromatic rings. The maximum atomic E-state index is 13.5. The smallest absolute Gasteiger partial charge is 0.216 e. The van der Waals surface area contributed by atoms with Crippen molar-refractivity contribution in [1.82, 2.24) is 19.3 Å². The summed E-state index contributed by atoms with van der Waals surface area (Å²) >= 11 is 3.56. The van der Waals surface area contributed by atoms with E-state index in [1.165, 1.54) is 22.8 Å². The highest BCUT2D eigenvalue weighted by atomic mass is 79.9. The van der Waals surface area contributed by atoms with E-state index in [0.717, 1.165) is 11.3 Å². The van der Waals surface area contributed by atoms with E-state index in [9.17, 15) is 12.8 Å². The third kappa shape index (κ3) is 6.25. The SMILES string of the molecule is CCN(CC1(c2cc3c(Nc4ccc(OCc5cccc(F)c5)c(Br)c4)ncnc3cn2)CC=CO1)S(=O)(=O)C(C)C. The molecule has 9 nitrogen and oxygen atoms in total. The van der Waals surface area contributed by atoms with Gasteiger partial charge in [0.15, 0.2) is 5.60 Å². The van der Waals surface area contributed by atoms with Crippen molar-refractivity contribution in [3.8, 4) is 5.75 Å². The maximum Gasteiger partial charge on any atom is 0.216 e. The minimum Gasteiger partial charge on any atom is -0.488 e. The van der Waals surface area contributed by atoms with Crippen molar-refractivity contribution in [2.45, 2.75) is 44.6 Å². The number of nitrogens with zero attached hydrogens (tertiary/aromatic N) is 4. The Morgan fingerprint density at radius 2 is 2.00 bits per heavy atom. The minimum absolute atomic E-state index is 0.121. The van der Waals surface area contributed by atoms with E-state index in [1.807, 2.05) is 37.3 Å². The summed E-state index contributed by atoms with van der Waals surface area (Å²) in [4.78, 5) is 13.5. The molecular weight excluding hydrogens is 625 g/mol. The number of fused-ring (bicyclic) bond motifs is 1. The Balaban J connectivity index is 1.41. The molecule has 0 amide bonds. The van der Waals surface area contributed by atoms with Crippen LogP contribution in [0.4, 0.5) is 15.9 Å². The summed E-state index contributed by atoms with van der Waals surface area (Å²) in [5, 5.41) is 3.48. The summed E-state index contributed by atoms with van der Waals surface area (Å²) in [6.07, 6.45) is 7.04. The number of likely N-dealkylation sites (N-methyl/N-ethyl adjacent to an activating group) is 1. The van der Waals surface area contributed by atoms with Gasteiger partial charge in [0.1, 0.15) is 30.3 Å². The Hall–Kier alpha value is -3.61. The number of benzene rings is 2. The first-order valence-corrected chi connectivity index (χ1v) is 15.8. The molecule has 0 fully saturated rings. The van der Waals surface area contributed by atoms with Crippen LogP contribution in [0.2, 0.25) is 0 Å². The second kappa shape index (κ2) is 12.3. The molecule has 220 valence electrons.